The van der Waals surface area contributed by atoms with Crippen molar-refractivity contribution in [3.05, 3.63) is 53.6 Å². The minimum absolute atomic E-state index is 0.124. The zero-order chi connectivity index (χ0) is 26.5. The predicted molar refractivity (Wildman–Crippen MR) is 144 cm³/mol. The molecular weight excluding hydrogens is 492 g/mol. The van der Waals surface area contributed by atoms with Crippen LogP contribution in [-0.2, 0) is 10.0 Å². The molecule has 3 aliphatic heterocycles. The first-order valence-electron chi connectivity index (χ1n) is 12.3. The van der Waals surface area contributed by atoms with Crippen LogP contribution < -0.4 is 20.3 Å². The molecular formula is C26H32N6O4S. The van der Waals surface area contributed by atoms with E-state index in [1.165, 1.54) is 6.07 Å². The van der Waals surface area contributed by atoms with E-state index in [2.05, 4.69) is 50.4 Å². The number of benzene rings is 1. The number of aliphatic hydroxyl groups is 1. The van der Waals surface area contributed by atoms with E-state index in [9.17, 15) is 18.5 Å². The lowest BCUT2D eigenvalue weighted by molar-refractivity contribution is 0.102. The maximum atomic E-state index is 13.4. The fourth-order valence-corrected chi connectivity index (χ4v) is 5.42. The van der Waals surface area contributed by atoms with Crippen molar-refractivity contribution in [2.75, 3.05) is 52.2 Å². The monoisotopic (exact) mass is 524 g/mol. The maximum Gasteiger partial charge on any atom is 0.258 e. The molecule has 1 saturated heterocycles. The summed E-state index contributed by atoms with van der Waals surface area (Å²) < 4.78 is 27.0. The molecule has 196 valence electrons. The lowest BCUT2D eigenvalue weighted by Crippen LogP contribution is -2.39. The van der Waals surface area contributed by atoms with Crippen molar-refractivity contribution < 1.29 is 18.3 Å². The average molecular weight is 525 g/mol. The summed E-state index contributed by atoms with van der Waals surface area (Å²) in [6.45, 7) is 3.83. The molecule has 0 unspecified atom stereocenters. The Balaban J connectivity index is 1.72. The number of rotatable bonds is 4. The van der Waals surface area contributed by atoms with Crippen LogP contribution in [0.4, 0.5) is 23.0 Å². The highest BCUT2D eigenvalue weighted by Crippen LogP contribution is 2.38. The van der Waals surface area contributed by atoms with Gasteiger partial charge in [0, 0.05) is 19.6 Å². The Morgan fingerprint density at radius 1 is 1.22 bits per heavy atom. The molecule has 1 aromatic heterocycles. The number of nitrogens with one attached hydrogen (secondary N) is 3. The van der Waals surface area contributed by atoms with Gasteiger partial charge in [-0.25, -0.2) is 13.4 Å². The molecule has 11 heteroatoms. The Morgan fingerprint density at radius 2 is 2.00 bits per heavy atom. The third kappa shape index (κ3) is 6.58. The Kier molecular flexibility index (Phi) is 8.00. The number of hydrogen-bond acceptors (Lipinski definition) is 8. The van der Waals surface area contributed by atoms with Crippen molar-refractivity contribution in [2.45, 2.75) is 32.6 Å². The molecule has 1 fully saturated rings. The molecule has 10 nitrogen and oxygen atoms in total. The summed E-state index contributed by atoms with van der Waals surface area (Å²) in [4.78, 5) is 20.0. The fourth-order valence-electron chi connectivity index (χ4n) is 4.59. The van der Waals surface area contributed by atoms with Gasteiger partial charge < -0.3 is 20.6 Å². The van der Waals surface area contributed by atoms with Crippen molar-refractivity contribution in [3.63, 3.8) is 0 Å². The quantitative estimate of drug-likeness (QED) is 0.446. The summed E-state index contributed by atoms with van der Waals surface area (Å²) in [5.74, 6) is -0.0953. The van der Waals surface area contributed by atoms with E-state index in [1.807, 2.05) is 0 Å². The van der Waals surface area contributed by atoms with E-state index in [0.29, 0.717) is 40.7 Å². The van der Waals surface area contributed by atoms with Crippen LogP contribution in [0.5, 0.6) is 0 Å². The number of hydrogen-bond donors (Lipinski definition) is 4. The van der Waals surface area contributed by atoms with Gasteiger partial charge in [0.1, 0.15) is 17.7 Å². The lowest BCUT2D eigenvalue weighted by atomic mass is 9.77. The molecule has 0 aliphatic carbocycles. The number of carbonyl (C=O) groups is 1. The van der Waals surface area contributed by atoms with E-state index < -0.39 is 22.4 Å². The number of nitriles is 1. The van der Waals surface area contributed by atoms with Gasteiger partial charge >= 0.3 is 0 Å². The number of amides is 1. The summed E-state index contributed by atoms with van der Waals surface area (Å²) in [7, 11) is -3.72. The second-order valence-corrected chi connectivity index (χ2v) is 11.6. The van der Waals surface area contributed by atoms with Gasteiger partial charge in [-0.3, -0.25) is 9.52 Å². The number of nitrogens with zero attached hydrogens (tertiary/aromatic N) is 3. The van der Waals surface area contributed by atoms with Gasteiger partial charge in [-0.05, 0) is 61.4 Å². The number of carbonyl (C=O) groups excluding carboxylic acids is 1. The van der Waals surface area contributed by atoms with E-state index in [4.69, 9.17) is 5.11 Å². The third-order valence-corrected chi connectivity index (χ3v) is 8.09. The van der Waals surface area contributed by atoms with Gasteiger partial charge in [-0.15, -0.1) is 0 Å². The van der Waals surface area contributed by atoms with Crippen molar-refractivity contribution in [2.24, 2.45) is 5.41 Å². The Bertz CT molecular complexity index is 1330. The number of fused-ring (bicyclic) bond motifs is 7. The number of pyridine rings is 1. The Morgan fingerprint density at radius 3 is 2.73 bits per heavy atom. The molecule has 4 N–H and O–H groups in total. The number of aromatic nitrogens is 1. The minimum atomic E-state index is -3.72. The van der Waals surface area contributed by atoms with Crippen LogP contribution >= 0.6 is 0 Å². The zero-order valence-electron chi connectivity index (χ0n) is 20.8. The molecule has 2 aromatic rings. The molecule has 1 aromatic carbocycles. The van der Waals surface area contributed by atoms with Crippen molar-refractivity contribution >= 4 is 38.9 Å². The summed E-state index contributed by atoms with van der Waals surface area (Å²) in [6.07, 6.45) is 7.91. The van der Waals surface area contributed by atoms with Crippen LogP contribution in [0.2, 0.25) is 0 Å². The van der Waals surface area contributed by atoms with Crippen molar-refractivity contribution in [1.82, 2.24) is 4.98 Å². The molecule has 5 rings (SSSR count). The summed E-state index contributed by atoms with van der Waals surface area (Å²) >= 11 is 0. The Labute approximate surface area is 217 Å². The second kappa shape index (κ2) is 11.2. The second-order valence-electron chi connectivity index (χ2n) is 9.72. The summed E-state index contributed by atoms with van der Waals surface area (Å²) in [6, 6.07) is 10.1. The number of piperidine rings is 1. The topological polar surface area (TPSA) is 147 Å². The number of allylic oxidation sites excluding steroid dienone is 1. The third-order valence-electron chi connectivity index (χ3n) is 6.83. The van der Waals surface area contributed by atoms with Crippen LogP contribution in [0.15, 0.2) is 42.5 Å². The minimum Gasteiger partial charge on any atom is -0.395 e. The molecule has 0 radical (unpaired) electrons. The van der Waals surface area contributed by atoms with Crippen LogP contribution in [0.3, 0.4) is 0 Å². The average Bonchev–Trinajstić information content (AvgIpc) is 2.86. The first-order valence-corrected chi connectivity index (χ1v) is 14.0. The van der Waals surface area contributed by atoms with E-state index in [-0.39, 0.29) is 11.3 Å². The highest BCUT2D eigenvalue weighted by atomic mass is 32.2. The predicted octanol–water partition coefficient (Wildman–Crippen LogP) is 3.31. The molecule has 0 spiro atoms. The SMILES string of the molecule is CC12C/C=C/CCNc3nc(ccc3C#N)NC(=O)c3ccc(NS(=O)(=O)CCO)cc3N(CC1)CC2. The first kappa shape index (κ1) is 26.4. The van der Waals surface area contributed by atoms with E-state index in [1.54, 1.807) is 24.3 Å². The number of aliphatic hydroxyl groups excluding tert-OH is 1. The molecule has 1 amide bonds. The molecule has 0 saturated carbocycles. The summed E-state index contributed by atoms with van der Waals surface area (Å²) in [5, 5.41) is 24.5. The van der Waals surface area contributed by atoms with Gasteiger partial charge in [0.2, 0.25) is 10.0 Å². The van der Waals surface area contributed by atoms with Crippen LogP contribution in [0, 0.1) is 16.7 Å². The molecule has 0 atom stereocenters. The standard InChI is InChI=1S/C26H32N6O4S/c1-26-9-3-2-4-12-28-24-19(18-27)5-8-23(29-24)30-25(34)21-7-6-20(31-37(35,36)16-15-33)17-22(21)32(13-10-26)14-11-26/h2-3,5-8,17,31,33H,4,9-16H2,1H3,(H2,28,29,30,34)/b3-2+. The van der Waals surface area contributed by atoms with Crippen LogP contribution in [0.25, 0.3) is 0 Å². The van der Waals surface area contributed by atoms with Crippen molar-refractivity contribution in [1.29, 1.82) is 5.26 Å². The fraction of sp³-hybridized carbons (Fsp3) is 0.423. The molecule has 4 bridgehead atoms. The molecule has 3 aliphatic rings. The zero-order valence-corrected chi connectivity index (χ0v) is 21.6. The van der Waals surface area contributed by atoms with Gasteiger partial charge in [0.15, 0.2) is 0 Å². The van der Waals surface area contributed by atoms with Gasteiger partial charge in [0.05, 0.1) is 34.9 Å². The summed E-state index contributed by atoms with van der Waals surface area (Å²) in [5.41, 5.74) is 1.84. The molecule has 37 heavy (non-hydrogen) atoms. The van der Waals surface area contributed by atoms with Crippen molar-refractivity contribution in [3.8, 4) is 6.07 Å². The Hall–Kier alpha value is -3.62. The largest absolute Gasteiger partial charge is 0.395 e. The van der Waals surface area contributed by atoms with Gasteiger partial charge in [-0.2, -0.15) is 5.26 Å². The smallest absolute Gasteiger partial charge is 0.258 e. The van der Waals surface area contributed by atoms with Gasteiger partial charge in [0.25, 0.3) is 5.91 Å². The van der Waals surface area contributed by atoms with E-state index in [0.717, 1.165) is 38.8 Å². The first-order chi connectivity index (χ1) is 17.7. The van der Waals surface area contributed by atoms with E-state index >= 15 is 0 Å². The lowest BCUT2D eigenvalue weighted by Gasteiger charge is -2.40. The van der Waals surface area contributed by atoms with Gasteiger partial charge in [-0.1, -0.05) is 19.1 Å². The van der Waals surface area contributed by atoms with Crippen LogP contribution in [0.1, 0.15) is 48.5 Å². The number of anilines is 4. The highest BCUT2D eigenvalue weighted by Gasteiger charge is 2.31. The maximum absolute atomic E-state index is 13.4. The normalized spacial score (nSPS) is 18.5. The highest BCUT2D eigenvalue weighted by molar-refractivity contribution is 7.92. The van der Waals surface area contributed by atoms with Crippen LogP contribution in [-0.4, -0.2) is 56.4 Å². The number of sulfonamides is 1. The molecule has 4 heterocycles.